The Bertz CT molecular complexity index is 385. The average molecular weight is 278 g/mol. The van der Waals surface area contributed by atoms with Crippen molar-refractivity contribution in [3.05, 3.63) is 35.9 Å². The molecule has 1 saturated heterocycles. The van der Waals surface area contributed by atoms with E-state index in [0.717, 1.165) is 18.7 Å². The molecule has 1 aromatic rings. The van der Waals surface area contributed by atoms with Crippen LogP contribution in [0.5, 0.6) is 0 Å². The first-order valence-corrected chi connectivity index (χ1v) is 7.42. The minimum atomic E-state index is -0.425. The number of nitrogens with one attached hydrogen (secondary N) is 1. The van der Waals surface area contributed by atoms with E-state index in [9.17, 15) is 5.11 Å². The second-order valence-electron chi connectivity index (χ2n) is 5.77. The van der Waals surface area contributed by atoms with Gasteiger partial charge in [-0.2, -0.15) is 0 Å². The third kappa shape index (κ3) is 4.87. The second-order valence-corrected chi connectivity index (χ2v) is 5.77. The summed E-state index contributed by atoms with van der Waals surface area (Å²) in [6, 6.07) is 11.0. The number of aliphatic hydroxyl groups excluding tert-OH is 1. The van der Waals surface area contributed by atoms with E-state index in [4.69, 9.17) is 4.74 Å². The molecule has 1 aliphatic heterocycles. The molecule has 0 aromatic heterocycles. The van der Waals surface area contributed by atoms with Gasteiger partial charge in [-0.15, -0.1) is 0 Å². The van der Waals surface area contributed by atoms with E-state index in [0.29, 0.717) is 31.8 Å². The third-order valence-electron chi connectivity index (χ3n) is 3.76. The summed E-state index contributed by atoms with van der Waals surface area (Å²) in [5, 5.41) is 13.5. The van der Waals surface area contributed by atoms with E-state index >= 15 is 0 Å². The van der Waals surface area contributed by atoms with Gasteiger partial charge < -0.3 is 15.2 Å². The van der Waals surface area contributed by atoms with Crippen LogP contribution in [0, 0.1) is 0 Å². The van der Waals surface area contributed by atoms with Gasteiger partial charge in [0, 0.05) is 31.7 Å². The maximum absolute atomic E-state index is 10.1. The summed E-state index contributed by atoms with van der Waals surface area (Å²) in [6.45, 7) is 7.97. The molecule has 4 nitrogen and oxygen atoms in total. The molecule has 1 fully saturated rings. The molecule has 0 radical (unpaired) electrons. The summed E-state index contributed by atoms with van der Waals surface area (Å²) >= 11 is 0. The Kier molecular flexibility index (Phi) is 5.98. The Labute approximate surface area is 121 Å². The van der Waals surface area contributed by atoms with E-state index in [-0.39, 0.29) is 0 Å². The molecule has 4 heteroatoms. The van der Waals surface area contributed by atoms with Crippen LogP contribution in [-0.2, 0) is 11.3 Å². The SMILES string of the molecule is CC1CN(CC(O)COCc2ccccc2)C(C)CN1. The highest BCUT2D eigenvalue weighted by molar-refractivity contribution is 5.13. The minimum Gasteiger partial charge on any atom is -0.389 e. The van der Waals surface area contributed by atoms with Crippen molar-refractivity contribution in [3.8, 4) is 0 Å². The number of hydrogen-bond acceptors (Lipinski definition) is 4. The van der Waals surface area contributed by atoms with Crippen LogP contribution in [0.4, 0.5) is 0 Å². The summed E-state index contributed by atoms with van der Waals surface area (Å²) in [4.78, 5) is 2.33. The summed E-state index contributed by atoms with van der Waals surface area (Å²) in [7, 11) is 0. The van der Waals surface area contributed by atoms with E-state index in [1.54, 1.807) is 0 Å². The van der Waals surface area contributed by atoms with Crippen LogP contribution in [0.1, 0.15) is 19.4 Å². The molecule has 1 heterocycles. The minimum absolute atomic E-state index is 0.389. The monoisotopic (exact) mass is 278 g/mol. The van der Waals surface area contributed by atoms with Gasteiger partial charge in [0.05, 0.1) is 19.3 Å². The molecule has 3 atom stereocenters. The van der Waals surface area contributed by atoms with E-state index < -0.39 is 6.10 Å². The van der Waals surface area contributed by atoms with Crippen molar-refractivity contribution in [2.75, 3.05) is 26.2 Å². The van der Waals surface area contributed by atoms with E-state index in [1.165, 1.54) is 0 Å². The molecule has 0 saturated carbocycles. The van der Waals surface area contributed by atoms with Gasteiger partial charge >= 0.3 is 0 Å². The molecule has 0 bridgehead atoms. The maximum Gasteiger partial charge on any atom is 0.0900 e. The number of benzene rings is 1. The number of β-amino-alcohol motifs (C(OH)–C–C–N with tert-alkyl or cyclic N) is 1. The predicted octanol–water partition coefficient (Wildman–Crippen LogP) is 1.25. The first-order chi connectivity index (χ1) is 9.65. The van der Waals surface area contributed by atoms with Crippen LogP contribution < -0.4 is 5.32 Å². The Morgan fingerprint density at radius 3 is 2.85 bits per heavy atom. The van der Waals surface area contributed by atoms with Crippen molar-refractivity contribution in [2.45, 2.75) is 38.6 Å². The summed E-state index contributed by atoms with van der Waals surface area (Å²) < 4.78 is 5.59. The van der Waals surface area contributed by atoms with Gasteiger partial charge in [-0.25, -0.2) is 0 Å². The van der Waals surface area contributed by atoms with Crippen molar-refractivity contribution >= 4 is 0 Å². The Balaban J connectivity index is 1.68. The second kappa shape index (κ2) is 7.74. The van der Waals surface area contributed by atoms with Gasteiger partial charge in [0.2, 0.25) is 0 Å². The maximum atomic E-state index is 10.1. The van der Waals surface area contributed by atoms with E-state index in [1.807, 2.05) is 30.3 Å². The normalized spacial score (nSPS) is 25.6. The Morgan fingerprint density at radius 2 is 2.10 bits per heavy atom. The van der Waals surface area contributed by atoms with Crippen molar-refractivity contribution in [1.29, 1.82) is 0 Å². The lowest BCUT2D eigenvalue weighted by molar-refractivity contribution is -0.00272. The highest BCUT2D eigenvalue weighted by atomic mass is 16.5. The van der Waals surface area contributed by atoms with Gasteiger partial charge in [0.25, 0.3) is 0 Å². The van der Waals surface area contributed by atoms with Crippen LogP contribution in [-0.4, -0.2) is 54.4 Å². The first kappa shape index (κ1) is 15.4. The fraction of sp³-hybridized carbons (Fsp3) is 0.625. The number of rotatable bonds is 6. The fourth-order valence-electron chi connectivity index (χ4n) is 2.56. The van der Waals surface area contributed by atoms with Gasteiger partial charge in [0.15, 0.2) is 0 Å². The van der Waals surface area contributed by atoms with Crippen molar-refractivity contribution in [1.82, 2.24) is 10.2 Å². The largest absolute Gasteiger partial charge is 0.389 e. The molecule has 1 aromatic carbocycles. The Hall–Kier alpha value is -0.940. The van der Waals surface area contributed by atoms with Crippen LogP contribution in [0.2, 0.25) is 0 Å². The van der Waals surface area contributed by atoms with Gasteiger partial charge in [-0.05, 0) is 19.4 Å². The molecule has 2 N–H and O–H groups in total. The van der Waals surface area contributed by atoms with Crippen LogP contribution >= 0.6 is 0 Å². The molecule has 112 valence electrons. The smallest absolute Gasteiger partial charge is 0.0900 e. The molecule has 1 aliphatic rings. The lowest BCUT2D eigenvalue weighted by Crippen LogP contribution is -2.56. The van der Waals surface area contributed by atoms with Gasteiger partial charge in [0.1, 0.15) is 0 Å². The topological polar surface area (TPSA) is 44.7 Å². The number of piperazine rings is 1. The molecule has 0 amide bonds. The fourth-order valence-corrected chi connectivity index (χ4v) is 2.56. The zero-order valence-electron chi connectivity index (χ0n) is 12.5. The number of aliphatic hydroxyl groups is 1. The number of ether oxygens (including phenoxy) is 1. The van der Waals surface area contributed by atoms with Crippen molar-refractivity contribution in [3.63, 3.8) is 0 Å². The number of nitrogens with zero attached hydrogens (tertiary/aromatic N) is 1. The molecule has 20 heavy (non-hydrogen) atoms. The highest BCUT2D eigenvalue weighted by Crippen LogP contribution is 2.08. The zero-order chi connectivity index (χ0) is 14.4. The Morgan fingerprint density at radius 1 is 1.35 bits per heavy atom. The lowest BCUT2D eigenvalue weighted by atomic mass is 10.1. The van der Waals surface area contributed by atoms with Crippen molar-refractivity contribution < 1.29 is 9.84 Å². The highest BCUT2D eigenvalue weighted by Gasteiger charge is 2.24. The van der Waals surface area contributed by atoms with Crippen LogP contribution in [0.25, 0.3) is 0 Å². The summed E-state index contributed by atoms with van der Waals surface area (Å²) in [5.74, 6) is 0. The molecule has 2 rings (SSSR count). The molecule has 0 spiro atoms. The lowest BCUT2D eigenvalue weighted by Gasteiger charge is -2.38. The summed E-state index contributed by atoms with van der Waals surface area (Å²) in [5.41, 5.74) is 1.14. The first-order valence-electron chi connectivity index (χ1n) is 7.42. The molecular formula is C16H26N2O2. The molecule has 0 aliphatic carbocycles. The van der Waals surface area contributed by atoms with E-state index in [2.05, 4.69) is 24.1 Å². The third-order valence-corrected chi connectivity index (χ3v) is 3.76. The molecule has 3 unspecified atom stereocenters. The van der Waals surface area contributed by atoms with Crippen LogP contribution in [0.15, 0.2) is 30.3 Å². The van der Waals surface area contributed by atoms with Crippen LogP contribution in [0.3, 0.4) is 0 Å². The molecular weight excluding hydrogens is 252 g/mol. The predicted molar refractivity (Wildman–Crippen MR) is 80.6 cm³/mol. The standard InChI is InChI=1S/C16H26N2O2/c1-13-9-18(14(2)8-17-13)10-16(19)12-20-11-15-6-4-3-5-7-15/h3-7,13-14,16-17,19H,8-12H2,1-2H3. The quantitative estimate of drug-likeness (QED) is 0.822. The van der Waals surface area contributed by atoms with Gasteiger partial charge in [-0.1, -0.05) is 30.3 Å². The van der Waals surface area contributed by atoms with Gasteiger partial charge in [-0.3, -0.25) is 4.90 Å². The zero-order valence-corrected chi connectivity index (χ0v) is 12.5. The average Bonchev–Trinajstić information content (AvgIpc) is 2.44. The van der Waals surface area contributed by atoms with Crippen molar-refractivity contribution in [2.24, 2.45) is 0 Å². The summed E-state index contributed by atoms with van der Waals surface area (Å²) in [6.07, 6.45) is -0.425. The number of hydrogen-bond donors (Lipinski definition) is 2.